The normalized spacial score (nSPS) is 10.0. The molecule has 0 aliphatic heterocycles. The van der Waals surface area contributed by atoms with Crippen molar-refractivity contribution in [3.05, 3.63) is 59.1 Å². The summed E-state index contributed by atoms with van der Waals surface area (Å²) in [5.74, 6) is 4.80. The molecule has 2 aromatic rings. The van der Waals surface area contributed by atoms with Crippen LogP contribution in [-0.4, -0.2) is 5.91 Å². The van der Waals surface area contributed by atoms with Crippen molar-refractivity contribution in [3.63, 3.8) is 0 Å². The first-order chi connectivity index (χ1) is 8.22. The van der Waals surface area contributed by atoms with E-state index in [1.807, 2.05) is 36.4 Å². The molecule has 0 atom stereocenters. The topological polar surface area (TPSA) is 55.1 Å². The van der Waals surface area contributed by atoms with Gasteiger partial charge in [-0.1, -0.05) is 48.0 Å². The summed E-state index contributed by atoms with van der Waals surface area (Å²) in [6.07, 6.45) is 0. The van der Waals surface area contributed by atoms with Crippen LogP contribution in [0.4, 0.5) is 0 Å². The molecule has 0 unspecified atom stereocenters. The number of hydrogen-bond donors (Lipinski definition) is 2. The highest BCUT2D eigenvalue weighted by Crippen LogP contribution is 2.26. The number of nitrogen functional groups attached to an aromatic ring is 1. The van der Waals surface area contributed by atoms with Gasteiger partial charge >= 0.3 is 0 Å². The molecule has 0 heterocycles. The second kappa shape index (κ2) is 4.99. The van der Waals surface area contributed by atoms with Crippen LogP contribution in [0, 0.1) is 0 Å². The highest BCUT2D eigenvalue weighted by molar-refractivity contribution is 6.31. The summed E-state index contributed by atoms with van der Waals surface area (Å²) < 4.78 is 0. The molecule has 0 saturated carbocycles. The van der Waals surface area contributed by atoms with Crippen molar-refractivity contribution >= 4 is 17.5 Å². The second-order valence-corrected chi connectivity index (χ2v) is 3.97. The van der Waals surface area contributed by atoms with Crippen molar-refractivity contribution in [2.24, 2.45) is 5.84 Å². The summed E-state index contributed by atoms with van der Waals surface area (Å²) in [5, 5.41) is 0.503. The Morgan fingerprint density at radius 2 is 1.82 bits per heavy atom. The Kier molecular flexibility index (Phi) is 3.42. The van der Waals surface area contributed by atoms with Crippen molar-refractivity contribution in [1.82, 2.24) is 5.43 Å². The predicted octanol–water partition coefficient (Wildman–Crippen LogP) is 2.61. The van der Waals surface area contributed by atoms with Crippen molar-refractivity contribution in [2.75, 3.05) is 0 Å². The molecule has 3 nitrogen and oxygen atoms in total. The molecular formula is C13H11ClN2O. The Balaban J connectivity index is 2.58. The molecule has 17 heavy (non-hydrogen) atoms. The molecule has 0 fully saturated rings. The van der Waals surface area contributed by atoms with Gasteiger partial charge in [0, 0.05) is 10.6 Å². The molecule has 3 N–H and O–H groups in total. The molecule has 0 aliphatic carbocycles. The zero-order valence-corrected chi connectivity index (χ0v) is 9.74. The van der Waals surface area contributed by atoms with E-state index in [1.165, 1.54) is 0 Å². The van der Waals surface area contributed by atoms with E-state index in [0.717, 1.165) is 11.1 Å². The van der Waals surface area contributed by atoms with Gasteiger partial charge in [0.25, 0.3) is 5.91 Å². The molecule has 0 bridgehead atoms. The maximum atomic E-state index is 11.7. The third-order valence-corrected chi connectivity index (χ3v) is 2.68. The number of hydrogen-bond acceptors (Lipinski definition) is 2. The van der Waals surface area contributed by atoms with Crippen molar-refractivity contribution < 1.29 is 4.79 Å². The number of carbonyl (C=O) groups is 1. The van der Waals surface area contributed by atoms with E-state index >= 15 is 0 Å². The second-order valence-electron chi connectivity index (χ2n) is 3.53. The fourth-order valence-electron chi connectivity index (χ4n) is 1.65. The van der Waals surface area contributed by atoms with Crippen LogP contribution in [0.5, 0.6) is 0 Å². The summed E-state index contributed by atoms with van der Waals surface area (Å²) in [6, 6.07) is 14.8. The van der Waals surface area contributed by atoms with Gasteiger partial charge in [-0.15, -0.1) is 0 Å². The van der Waals surface area contributed by atoms with Crippen LogP contribution >= 0.6 is 11.6 Å². The summed E-state index contributed by atoms with van der Waals surface area (Å²) in [4.78, 5) is 11.7. The minimum atomic E-state index is -0.355. The Morgan fingerprint density at radius 1 is 1.12 bits per heavy atom. The van der Waals surface area contributed by atoms with E-state index < -0.39 is 0 Å². The fourth-order valence-corrected chi connectivity index (χ4v) is 1.82. The predicted molar refractivity (Wildman–Crippen MR) is 68.5 cm³/mol. The van der Waals surface area contributed by atoms with Gasteiger partial charge < -0.3 is 0 Å². The number of halogens is 1. The third-order valence-electron chi connectivity index (χ3n) is 2.44. The van der Waals surface area contributed by atoms with Crippen LogP contribution in [0.2, 0.25) is 5.02 Å². The molecule has 1 amide bonds. The van der Waals surface area contributed by atoms with Gasteiger partial charge in [0.15, 0.2) is 0 Å². The van der Waals surface area contributed by atoms with Crippen molar-refractivity contribution in [1.29, 1.82) is 0 Å². The van der Waals surface area contributed by atoms with Crippen LogP contribution in [-0.2, 0) is 0 Å². The highest BCUT2D eigenvalue weighted by atomic mass is 35.5. The van der Waals surface area contributed by atoms with Gasteiger partial charge in [0.2, 0.25) is 0 Å². The average Bonchev–Trinajstić information content (AvgIpc) is 2.38. The molecule has 0 aliphatic rings. The largest absolute Gasteiger partial charge is 0.290 e. The van der Waals surface area contributed by atoms with Gasteiger partial charge in [-0.25, -0.2) is 5.84 Å². The smallest absolute Gasteiger partial charge is 0.265 e. The van der Waals surface area contributed by atoms with Gasteiger partial charge in [0.1, 0.15) is 0 Å². The van der Waals surface area contributed by atoms with Crippen molar-refractivity contribution in [2.45, 2.75) is 0 Å². The van der Waals surface area contributed by atoms with E-state index in [1.54, 1.807) is 12.1 Å². The lowest BCUT2D eigenvalue weighted by molar-refractivity contribution is 0.0954. The van der Waals surface area contributed by atoms with E-state index in [-0.39, 0.29) is 5.91 Å². The number of nitrogens with one attached hydrogen (secondary N) is 1. The molecule has 0 spiro atoms. The number of benzene rings is 2. The van der Waals surface area contributed by atoms with Crippen LogP contribution in [0.3, 0.4) is 0 Å². The highest BCUT2D eigenvalue weighted by Gasteiger charge is 2.12. The number of amides is 1. The van der Waals surface area contributed by atoms with Crippen LogP contribution < -0.4 is 11.3 Å². The molecule has 0 aromatic heterocycles. The first kappa shape index (κ1) is 11.6. The average molecular weight is 247 g/mol. The molecule has 0 saturated heterocycles. The SMILES string of the molecule is NNC(=O)c1cc(Cl)ccc1-c1ccccc1. The summed E-state index contributed by atoms with van der Waals surface area (Å²) in [5.41, 5.74) is 4.34. The Bertz CT molecular complexity index is 540. The van der Waals surface area contributed by atoms with E-state index in [2.05, 4.69) is 5.43 Å². The minimum Gasteiger partial charge on any atom is -0.290 e. The maximum Gasteiger partial charge on any atom is 0.265 e. The fraction of sp³-hybridized carbons (Fsp3) is 0. The molecule has 0 radical (unpaired) electrons. The van der Waals surface area contributed by atoms with Gasteiger partial charge in [-0.2, -0.15) is 0 Å². The summed E-state index contributed by atoms with van der Waals surface area (Å²) in [6.45, 7) is 0. The molecule has 2 rings (SSSR count). The Hall–Kier alpha value is -1.84. The third kappa shape index (κ3) is 2.46. The van der Waals surface area contributed by atoms with Gasteiger partial charge in [0.05, 0.1) is 0 Å². The zero-order valence-electron chi connectivity index (χ0n) is 8.98. The summed E-state index contributed by atoms with van der Waals surface area (Å²) >= 11 is 5.88. The monoisotopic (exact) mass is 246 g/mol. The lowest BCUT2D eigenvalue weighted by Gasteiger charge is -2.08. The van der Waals surface area contributed by atoms with Gasteiger partial charge in [-0.05, 0) is 23.3 Å². The number of nitrogens with two attached hydrogens (primary N) is 1. The molecule has 4 heteroatoms. The molecule has 86 valence electrons. The number of hydrazine groups is 1. The van der Waals surface area contributed by atoms with Gasteiger partial charge in [-0.3, -0.25) is 10.2 Å². The van der Waals surface area contributed by atoms with E-state index in [9.17, 15) is 4.79 Å². The number of carbonyl (C=O) groups excluding carboxylic acids is 1. The Labute approximate surface area is 104 Å². The first-order valence-corrected chi connectivity index (χ1v) is 5.46. The van der Waals surface area contributed by atoms with Crippen LogP contribution in [0.25, 0.3) is 11.1 Å². The molecule has 2 aromatic carbocycles. The summed E-state index contributed by atoms with van der Waals surface area (Å²) in [7, 11) is 0. The van der Waals surface area contributed by atoms with Crippen LogP contribution in [0.15, 0.2) is 48.5 Å². The van der Waals surface area contributed by atoms with Crippen molar-refractivity contribution in [3.8, 4) is 11.1 Å². The first-order valence-electron chi connectivity index (χ1n) is 5.08. The maximum absolute atomic E-state index is 11.7. The minimum absolute atomic E-state index is 0.355. The van der Waals surface area contributed by atoms with Crippen LogP contribution in [0.1, 0.15) is 10.4 Å². The lowest BCUT2D eigenvalue weighted by Crippen LogP contribution is -2.30. The number of rotatable bonds is 2. The quantitative estimate of drug-likeness (QED) is 0.486. The van der Waals surface area contributed by atoms with E-state index in [0.29, 0.717) is 10.6 Å². The Morgan fingerprint density at radius 3 is 2.47 bits per heavy atom. The lowest BCUT2D eigenvalue weighted by atomic mass is 9.99. The zero-order chi connectivity index (χ0) is 12.3. The standard InChI is InChI=1S/C13H11ClN2O/c14-10-6-7-11(9-4-2-1-3-5-9)12(8-10)13(17)16-15/h1-8H,15H2,(H,16,17). The molecular weight excluding hydrogens is 236 g/mol. The van der Waals surface area contributed by atoms with E-state index in [4.69, 9.17) is 17.4 Å².